The fourth-order valence-electron chi connectivity index (χ4n) is 3.05. The van der Waals surface area contributed by atoms with Crippen LogP contribution in [0.5, 0.6) is 0 Å². The van der Waals surface area contributed by atoms with Crippen LogP contribution < -0.4 is 11.1 Å². The zero-order chi connectivity index (χ0) is 19.6. The fraction of sp³-hybridized carbons (Fsp3) is 0.316. The molecule has 1 amide bonds. The predicted molar refractivity (Wildman–Crippen MR) is 105 cm³/mol. The van der Waals surface area contributed by atoms with Gasteiger partial charge in [0.25, 0.3) is 5.91 Å². The van der Waals surface area contributed by atoms with Crippen LogP contribution in [-0.2, 0) is 22.4 Å². The van der Waals surface area contributed by atoms with Crippen molar-refractivity contribution in [3.63, 3.8) is 0 Å². The molecule has 3 N–H and O–H groups in total. The molecule has 0 radical (unpaired) electrons. The standard InChI is InChI=1S/C19H18ClN3O3S/c1-10-2-4-12-14(8-21)18(27-16(12)6-10)23-17(24)9-26-19(25)13-5-3-11(20)7-15(13)22/h3,5,7,10H,2,4,6,9,22H2,1H3,(H,23,24)/t10-/m1/s1. The topological polar surface area (TPSA) is 105 Å². The van der Waals surface area contributed by atoms with E-state index in [0.29, 0.717) is 21.5 Å². The van der Waals surface area contributed by atoms with Gasteiger partial charge < -0.3 is 15.8 Å². The molecule has 0 aliphatic heterocycles. The van der Waals surface area contributed by atoms with Gasteiger partial charge in [-0.3, -0.25) is 4.79 Å². The SMILES string of the molecule is C[C@@H]1CCc2c(sc(NC(=O)COC(=O)c3ccc(Cl)cc3N)c2C#N)C1. The Morgan fingerprint density at radius 1 is 1.48 bits per heavy atom. The molecular weight excluding hydrogens is 386 g/mol. The van der Waals surface area contributed by atoms with Gasteiger partial charge in [-0.25, -0.2) is 4.79 Å². The molecule has 1 aliphatic rings. The average molecular weight is 404 g/mol. The monoisotopic (exact) mass is 403 g/mol. The number of carbonyl (C=O) groups is 2. The van der Waals surface area contributed by atoms with Gasteiger partial charge in [0.05, 0.1) is 11.1 Å². The van der Waals surface area contributed by atoms with Crippen LogP contribution in [0.15, 0.2) is 18.2 Å². The number of rotatable bonds is 4. The molecule has 1 aromatic heterocycles. The number of esters is 1. The molecule has 2 aromatic rings. The lowest BCUT2D eigenvalue weighted by molar-refractivity contribution is -0.119. The van der Waals surface area contributed by atoms with Gasteiger partial charge in [-0.15, -0.1) is 11.3 Å². The number of ether oxygens (including phenoxy) is 1. The van der Waals surface area contributed by atoms with Gasteiger partial charge in [-0.1, -0.05) is 18.5 Å². The number of hydrogen-bond acceptors (Lipinski definition) is 6. The van der Waals surface area contributed by atoms with Crippen molar-refractivity contribution < 1.29 is 14.3 Å². The van der Waals surface area contributed by atoms with Gasteiger partial charge in [0.15, 0.2) is 6.61 Å². The molecular formula is C19H18ClN3O3S. The smallest absolute Gasteiger partial charge is 0.340 e. The number of amides is 1. The van der Waals surface area contributed by atoms with Crippen LogP contribution in [0.4, 0.5) is 10.7 Å². The van der Waals surface area contributed by atoms with Crippen LogP contribution >= 0.6 is 22.9 Å². The fourth-order valence-corrected chi connectivity index (χ4v) is 4.61. The minimum absolute atomic E-state index is 0.144. The first-order valence-electron chi connectivity index (χ1n) is 8.45. The van der Waals surface area contributed by atoms with Crippen molar-refractivity contribution in [3.8, 4) is 6.07 Å². The molecule has 0 saturated carbocycles. The number of carbonyl (C=O) groups excluding carboxylic acids is 2. The Balaban J connectivity index is 1.65. The van der Waals surface area contributed by atoms with Crippen molar-refractivity contribution in [2.24, 2.45) is 5.92 Å². The molecule has 6 nitrogen and oxygen atoms in total. The van der Waals surface area contributed by atoms with Crippen molar-refractivity contribution >= 4 is 45.5 Å². The molecule has 0 fully saturated rings. The zero-order valence-corrected chi connectivity index (χ0v) is 16.2. The van der Waals surface area contributed by atoms with Gasteiger partial charge in [0.1, 0.15) is 11.1 Å². The Morgan fingerprint density at radius 2 is 2.26 bits per heavy atom. The maximum Gasteiger partial charge on any atom is 0.340 e. The Labute approximate surface area is 165 Å². The molecule has 1 heterocycles. The van der Waals surface area contributed by atoms with E-state index in [1.807, 2.05) is 0 Å². The van der Waals surface area contributed by atoms with E-state index in [4.69, 9.17) is 22.1 Å². The van der Waals surface area contributed by atoms with E-state index in [1.165, 1.54) is 29.5 Å². The lowest BCUT2D eigenvalue weighted by atomic mass is 9.89. The van der Waals surface area contributed by atoms with Crippen molar-refractivity contribution in [1.82, 2.24) is 0 Å². The number of hydrogen-bond donors (Lipinski definition) is 2. The number of fused-ring (bicyclic) bond motifs is 1. The lowest BCUT2D eigenvalue weighted by Gasteiger charge is -2.17. The summed E-state index contributed by atoms with van der Waals surface area (Å²) >= 11 is 7.22. The number of nitrogen functional groups attached to an aromatic ring is 1. The molecule has 3 rings (SSSR count). The summed E-state index contributed by atoms with van der Waals surface area (Å²) in [5.74, 6) is -0.643. The number of nitrogens with two attached hydrogens (primary N) is 1. The number of nitrogens with one attached hydrogen (secondary N) is 1. The second kappa shape index (κ2) is 7.99. The van der Waals surface area contributed by atoms with Crippen molar-refractivity contribution in [2.45, 2.75) is 26.2 Å². The summed E-state index contributed by atoms with van der Waals surface area (Å²) in [5.41, 5.74) is 7.61. The second-order valence-corrected chi connectivity index (χ2v) is 8.07. The van der Waals surface area contributed by atoms with E-state index in [2.05, 4.69) is 18.3 Å². The molecule has 0 unspecified atom stereocenters. The molecule has 1 aromatic carbocycles. The third kappa shape index (κ3) is 4.24. The number of benzene rings is 1. The highest BCUT2D eigenvalue weighted by molar-refractivity contribution is 7.16. The summed E-state index contributed by atoms with van der Waals surface area (Å²) < 4.78 is 5.02. The van der Waals surface area contributed by atoms with Gasteiger partial charge >= 0.3 is 5.97 Å². The van der Waals surface area contributed by atoms with E-state index in [9.17, 15) is 14.9 Å². The van der Waals surface area contributed by atoms with Crippen molar-refractivity contribution in [2.75, 3.05) is 17.7 Å². The quantitative estimate of drug-likeness (QED) is 0.597. The third-order valence-electron chi connectivity index (χ3n) is 4.44. The molecule has 8 heteroatoms. The molecule has 140 valence electrons. The first-order valence-corrected chi connectivity index (χ1v) is 9.65. The van der Waals surface area contributed by atoms with Gasteiger partial charge in [-0.2, -0.15) is 5.26 Å². The Morgan fingerprint density at radius 3 is 2.96 bits per heavy atom. The van der Waals surface area contributed by atoms with E-state index in [0.717, 1.165) is 29.7 Å². The van der Waals surface area contributed by atoms with Crippen molar-refractivity contribution in [3.05, 3.63) is 44.8 Å². The molecule has 1 aliphatic carbocycles. The lowest BCUT2D eigenvalue weighted by Crippen LogP contribution is -2.21. The molecule has 0 spiro atoms. The molecule has 27 heavy (non-hydrogen) atoms. The summed E-state index contributed by atoms with van der Waals surface area (Å²) in [6.45, 7) is 1.71. The summed E-state index contributed by atoms with van der Waals surface area (Å²) in [6.07, 6.45) is 2.79. The average Bonchev–Trinajstić information content (AvgIpc) is 2.95. The highest BCUT2D eigenvalue weighted by atomic mass is 35.5. The van der Waals surface area contributed by atoms with Crippen LogP contribution in [0.2, 0.25) is 5.02 Å². The molecule has 0 bridgehead atoms. The van der Waals surface area contributed by atoms with Crippen molar-refractivity contribution in [1.29, 1.82) is 5.26 Å². The second-order valence-electron chi connectivity index (χ2n) is 6.52. The Kier molecular flexibility index (Phi) is 5.68. The third-order valence-corrected chi connectivity index (χ3v) is 5.85. The number of thiophene rings is 1. The summed E-state index contributed by atoms with van der Waals surface area (Å²) in [7, 11) is 0. The Hall–Kier alpha value is -2.56. The maximum atomic E-state index is 12.2. The summed E-state index contributed by atoms with van der Waals surface area (Å²) in [6, 6.07) is 6.59. The minimum atomic E-state index is -0.709. The zero-order valence-electron chi connectivity index (χ0n) is 14.7. The van der Waals surface area contributed by atoms with E-state index in [-0.39, 0.29) is 11.3 Å². The number of anilines is 2. The van der Waals surface area contributed by atoms with E-state index in [1.54, 1.807) is 0 Å². The molecule has 1 atom stereocenters. The Bertz CT molecular complexity index is 948. The maximum absolute atomic E-state index is 12.2. The first-order chi connectivity index (χ1) is 12.9. The number of nitrogens with zero attached hydrogens (tertiary/aromatic N) is 1. The minimum Gasteiger partial charge on any atom is -0.452 e. The van der Waals surface area contributed by atoms with Crippen LogP contribution in [0.25, 0.3) is 0 Å². The normalized spacial score (nSPS) is 15.5. The van der Waals surface area contributed by atoms with Gasteiger partial charge in [0, 0.05) is 15.6 Å². The van der Waals surface area contributed by atoms with E-state index >= 15 is 0 Å². The highest BCUT2D eigenvalue weighted by Gasteiger charge is 2.25. The van der Waals surface area contributed by atoms with Crippen LogP contribution in [-0.4, -0.2) is 18.5 Å². The highest BCUT2D eigenvalue weighted by Crippen LogP contribution is 2.39. The predicted octanol–water partition coefficient (Wildman–Crippen LogP) is 3.78. The van der Waals surface area contributed by atoms with E-state index < -0.39 is 18.5 Å². The molecule has 0 saturated heterocycles. The first kappa shape index (κ1) is 19.2. The summed E-state index contributed by atoms with van der Waals surface area (Å²) in [4.78, 5) is 25.4. The largest absolute Gasteiger partial charge is 0.452 e. The number of halogens is 1. The van der Waals surface area contributed by atoms with Gasteiger partial charge in [0.2, 0.25) is 0 Å². The number of nitriles is 1. The van der Waals surface area contributed by atoms with Gasteiger partial charge in [-0.05, 0) is 48.9 Å². The summed E-state index contributed by atoms with van der Waals surface area (Å²) in [5, 5.41) is 13.1. The van der Waals surface area contributed by atoms with Crippen LogP contribution in [0, 0.1) is 17.2 Å². The van der Waals surface area contributed by atoms with Crippen LogP contribution in [0.1, 0.15) is 39.7 Å². The van der Waals surface area contributed by atoms with Crippen LogP contribution in [0.3, 0.4) is 0 Å².